The van der Waals surface area contributed by atoms with E-state index in [-0.39, 0.29) is 18.6 Å². The molecule has 0 bridgehead atoms. The first-order valence-corrected chi connectivity index (χ1v) is 6.97. The number of aliphatic hydroxyl groups is 1. The monoisotopic (exact) mass is 262 g/mol. The standard InChI is InChI=1S/C15H22N2O2/c16-11-12-5-1-2-7-14(12)15(19)17-9-4-3-6-13(17)8-10-18/h1-2,5,7,13,18H,3-4,6,8-11,16H2. The van der Waals surface area contributed by atoms with E-state index in [1.165, 1.54) is 0 Å². The third kappa shape index (κ3) is 3.14. The second-order valence-electron chi connectivity index (χ2n) is 5.02. The van der Waals surface area contributed by atoms with Gasteiger partial charge in [0.1, 0.15) is 0 Å². The fourth-order valence-corrected chi connectivity index (χ4v) is 2.78. The fraction of sp³-hybridized carbons (Fsp3) is 0.533. The maximum atomic E-state index is 12.7. The van der Waals surface area contributed by atoms with Crippen molar-refractivity contribution in [3.05, 3.63) is 35.4 Å². The van der Waals surface area contributed by atoms with Gasteiger partial charge in [0, 0.05) is 31.3 Å². The van der Waals surface area contributed by atoms with E-state index in [0.29, 0.717) is 18.5 Å². The molecule has 4 heteroatoms. The van der Waals surface area contributed by atoms with Gasteiger partial charge in [-0.05, 0) is 37.3 Å². The van der Waals surface area contributed by atoms with Crippen LogP contribution in [0.5, 0.6) is 0 Å². The largest absolute Gasteiger partial charge is 0.396 e. The van der Waals surface area contributed by atoms with Gasteiger partial charge < -0.3 is 15.7 Å². The van der Waals surface area contributed by atoms with Gasteiger partial charge >= 0.3 is 0 Å². The number of hydrogen-bond donors (Lipinski definition) is 2. The molecule has 1 aromatic carbocycles. The lowest BCUT2D eigenvalue weighted by Gasteiger charge is -2.36. The zero-order valence-corrected chi connectivity index (χ0v) is 11.2. The van der Waals surface area contributed by atoms with E-state index in [2.05, 4.69) is 0 Å². The first kappa shape index (κ1) is 14.0. The zero-order chi connectivity index (χ0) is 13.7. The Hall–Kier alpha value is -1.39. The maximum Gasteiger partial charge on any atom is 0.254 e. The van der Waals surface area contributed by atoms with Crippen molar-refractivity contribution in [2.45, 2.75) is 38.3 Å². The molecule has 1 saturated heterocycles. The molecule has 1 atom stereocenters. The van der Waals surface area contributed by atoms with Gasteiger partial charge in [-0.15, -0.1) is 0 Å². The van der Waals surface area contributed by atoms with Crippen molar-refractivity contribution in [2.75, 3.05) is 13.2 Å². The molecule has 0 spiro atoms. The molecule has 0 aliphatic carbocycles. The van der Waals surface area contributed by atoms with Crippen molar-refractivity contribution >= 4 is 5.91 Å². The number of piperidine rings is 1. The number of rotatable bonds is 4. The molecule has 0 aromatic heterocycles. The molecule has 1 unspecified atom stereocenters. The summed E-state index contributed by atoms with van der Waals surface area (Å²) in [5, 5.41) is 9.13. The van der Waals surface area contributed by atoms with Crippen LogP contribution in [0.2, 0.25) is 0 Å². The minimum atomic E-state index is 0.0548. The molecule has 3 N–H and O–H groups in total. The lowest BCUT2D eigenvalue weighted by molar-refractivity contribution is 0.0573. The Morgan fingerprint density at radius 3 is 2.89 bits per heavy atom. The highest BCUT2D eigenvalue weighted by atomic mass is 16.3. The first-order valence-electron chi connectivity index (χ1n) is 6.97. The van der Waals surface area contributed by atoms with E-state index in [1.54, 1.807) is 0 Å². The van der Waals surface area contributed by atoms with Gasteiger partial charge in [-0.25, -0.2) is 0 Å². The molecule has 4 nitrogen and oxygen atoms in total. The minimum Gasteiger partial charge on any atom is -0.396 e. The van der Waals surface area contributed by atoms with Crippen molar-refractivity contribution in [2.24, 2.45) is 5.73 Å². The van der Waals surface area contributed by atoms with E-state index in [4.69, 9.17) is 10.8 Å². The first-order chi connectivity index (χ1) is 9.27. The van der Waals surface area contributed by atoms with Crippen molar-refractivity contribution in [1.82, 2.24) is 4.90 Å². The highest BCUT2D eigenvalue weighted by molar-refractivity contribution is 5.96. The summed E-state index contributed by atoms with van der Waals surface area (Å²) < 4.78 is 0. The molecule has 2 rings (SSSR count). The topological polar surface area (TPSA) is 66.6 Å². The summed E-state index contributed by atoms with van der Waals surface area (Å²) in [5.41, 5.74) is 7.29. The van der Waals surface area contributed by atoms with Crippen LogP contribution in [0.15, 0.2) is 24.3 Å². The van der Waals surface area contributed by atoms with Crippen molar-refractivity contribution in [3.63, 3.8) is 0 Å². The van der Waals surface area contributed by atoms with Crippen LogP contribution in [0.3, 0.4) is 0 Å². The SMILES string of the molecule is NCc1ccccc1C(=O)N1CCCCC1CCO. The number of likely N-dealkylation sites (tertiary alicyclic amines) is 1. The highest BCUT2D eigenvalue weighted by Crippen LogP contribution is 2.23. The van der Waals surface area contributed by atoms with E-state index < -0.39 is 0 Å². The predicted octanol–water partition coefficient (Wildman–Crippen LogP) is 1.52. The Kier molecular flexibility index (Phi) is 4.93. The maximum absolute atomic E-state index is 12.7. The summed E-state index contributed by atoms with van der Waals surface area (Å²) in [6.45, 7) is 1.29. The van der Waals surface area contributed by atoms with Crippen LogP contribution in [0.4, 0.5) is 0 Å². The van der Waals surface area contributed by atoms with Crippen LogP contribution in [0, 0.1) is 0 Å². The quantitative estimate of drug-likeness (QED) is 0.864. The number of amides is 1. The van der Waals surface area contributed by atoms with Crippen molar-refractivity contribution in [1.29, 1.82) is 0 Å². The number of carbonyl (C=O) groups is 1. The Morgan fingerprint density at radius 1 is 1.37 bits per heavy atom. The van der Waals surface area contributed by atoms with Crippen LogP contribution in [0.1, 0.15) is 41.6 Å². The molecular weight excluding hydrogens is 240 g/mol. The number of carbonyl (C=O) groups excluding carboxylic acids is 1. The van der Waals surface area contributed by atoms with Gasteiger partial charge in [0.05, 0.1) is 0 Å². The molecule has 1 aliphatic heterocycles. The molecule has 1 heterocycles. The van der Waals surface area contributed by atoms with Crippen molar-refractivity contribution < 1.29 is 9.90 Å². The Labute approximate surface area is 114 Å². The number of aliphatic hydroxyl groups excluding tert-OH is 1. The van der Waals surface area contributed by atoms with E-state index in [0.717, 1.165) is 31.4 Å². The number of nitrogens with two attached hydrogens (primary N) is 1. The second-order valence-corrected chi connectivity index (χ2v) is 5.02. The van der Waals surface area contributed by atoms with Gasteiger partial charge in [0.15, 0.2) is 0 Å². The summed E-state index contributed by atoms with van der Waals surface area (Å²) >= 11 is 0. The molecule has 0 saturated carbocycles. The third-order valence-corrected chi connectivity index (χ3v) is 3.82. The van der Waals surface area contributed by atoms with E-state index in [9.17, 15) is 4.79 Å². The van der Waals surface area contributed by atoms with Gasteiger partial charge in [-0.2, -0.15) is 0 Å². The summed E-state index contributed by atoms with van der Waals surface area (Å²) in [5.74, 6) is 0.0548. The minimum absolute atomic E-state index is 0.0548. The molecule has 1 fully saturated rings. The van der Waals surface area contributed by atoms with Crippen LogP contribution in [-0.2, 0) is 6.54 Å². The average Bonchev–Trinajstić information content (AvgIpc) is 2.47. The molecule has 104 valence electrons. The molecule has 1 aromatic rings. The molecule has 19 heavy (non-hydrogen) atoms. The van der Waals surface area contributed by atoms with Gasteiger partial charge in [-0.1, -0.05) is 18.2 Å². The molecule has 1 amide bonds. The average molecular weight is 262 g/mol. The normalized spacial score (nSPS) is 19.5. The predicted molar refractivity (Wildman–Crippen MR) is 74.7 cm³/mol. The lowest BCUT2D eigenvalue weighted by Crippen LogP contribution is -2.44. The molecule has 1 aliphatic rings. The number of benzene rings is 1. The second kappa shape index (κ2) is 6.68. The molecular formula is C15H22N2O2. The van der Waals surface area contributed by atoms with E-state index >= 15 is 0 Å². The number of hydrogen-bond acceptors (Lipinski definition) is 3. The fourth-order valence-electron chi connectivity index (χ4n) is 2.78. The smallest absolute Gasteiger partial charge is 0.254 e. The van der Waals surface area contributed by atoms with Gasteiger partial charge in [0.2, 0.25) is 0 Å². The van der Waals surface area contributed by atoms with Crippen LogP contribution >= 0.6 is 0 Å². The molecule has 0 radical (unpaired) electrons. The highest BCUT2D eigenvalue weighted by Gasteiger charge is 2.27. The van der Waals surface area contributed by atoms with Gasteiger partial charge in [0.25, 0.3) is 5.91 Å². The lowest BCUT2D eigenvalue weighted by atomic mass is 9.97. The summed E-state index contributed by atoms with van der Waals surface area (Å²) in [7, 11) is 0. The Balaban J connectivity index is 2.21. The summed E-state index contributed by atoms with van der Waals surface area (Å²) in [6.07, 6.45) is 3.82. The van der Waals surface area contributed by atoms with Gasteiger partial charge in [-0.3, -0.25) is 4.79 Å². The van der Waals surface area contributed by atoms with Crippen LogP contribution in [-0.4, -0.2) is 35.1 Å². The van der Waals surface area contributed by atoms with E-state index in [1.807, 2.05) is 29.2 Å². The Bertz CT molecular complexity index is 432. The van der Waals surface area contributed by atoms with Crippen LogP contribution < -0.4 is 5.73 Å². The zero-order valence-electron chi connectivity index (χ0n) is 11.2. The summed E-state index contributed by atoms with van der Waals surface area (Å²) in [4.78, 5) is 14.6. The summed E-state index contributed by atoms with van der Waals surface area (Å²) in [6, 6.07) is 7.68. The van der Waals surface area contributed by atoms with Crippen LogP contribution in [0.25, 0.3) is 0 Å². The number of nitrogens with zero attached hydrogens (tertiary/aromatic N) is 1. The van der Waals surface area contributed by atoms with Crippen molar-refractivity contribution in [3.8, 4) is 0 Å². The Morgan fingerprint density at radius 2 is 2.16 bits per heavy atom. The third-order valence-electron chi connectivity index (χ3n) is 3.82.